The Morgan fingerprint density at radius 2 is 0.754 bits per heavy atom. The zero-order valence-corrected chi connectivity index (χ0v) is 31.0. The molecule has 268 valence electrons. The first-order valence-electron chi connectivity index (χ1n) is 19.3. The zero-order valence-electron chi connectivity index (χ0n) is 31.0. The predicted molar refractivity (Wildman–Crippen MR) is 237 cm³/mol. The van der Waals surface area contributed by atoms with Crippen molar-refractivity contribution in [1.29, 1.82) is 0 Å². The molecule has 3 nitrogen and oxygen atoms in total. The molecule has 57 heavy (non-hydrogen) atoms. The van der Waals surface area contributed by atoms with Gasteiger partial charge in [-0.1, -0.05) is 152 Å². The number of para-hydroxylation sites is 2. The second-order valence-corrected chi connectivity index (χ2v) is 14.5. The summed E-state index contributed by atoms with van der Waals surface area (Å²) < 4.78 is 12.8. The number of hydrogen-bond donors (Lipinski definition) is 0. The molecular weight excluding hydrogens is 695 g/mol. The maximum Gasteiger partial charge on any atom is 0.143 e. The van der Waals surface area contributed by atoms with Crippen LogP contribution in [0.25, 0.3) is 88.4 Å². The van der Waals surface area contributed by atoms with Gasteiger partial charge in [0, 0.05) is 50.2 Å². The van der Waals surface area contributed by atoms with Crippen molar-refractivity contribution in [3.05, 3.63) is 212 Å². The van der Waals surface area contributed by atoms with Crippen molar-refractivity contribution in [2.24, 2.45) is 0 Å². The highest BCUT2D eigenvalue weighted by atomic mass is 16.3. The average Bonchev–Trinajstić information content (AvgIpc) is 3.85. The lowest BCUT2D eigenvalue weighted by atomic mass is 9.99. The van der Waals surface area contributed by atoms with Gasteiger partial charge in [-0.05, 0) is 93.5 Å². The normalized spacial score (nSPS) is 11.5. The Kier molecular flexibility index (Phi) is 7.82. The van der Waals surface area contributed by atoms with Gasteiger partial charge in [0.1, 0.15) is 22.3 Å². The second-order valence-electron chi connectivity index (χ2n) is 14.5. The van der Waals surface area contributed by atoms with Crippen molar-refractivity contribution >= 4 is 60.9 Å². The van der Waals surface area contributed by atoms with Gasteiger partial charge in [-0.15, -0.1) is 0 Å². The Morgan fingerprint density at radius 3 is 1.44 bits per heavy atom. The molecule has 11 aromatic rings. The topological polar surface area (TPSA) is 29.5 Å². The molecule has 0 amide bonds. The van der Waals surface area contributed by atoms with E-state index in [1.807, 2.05) is 18.2 Å². The monoisotopic (exact) mass is 729 g/mol. The average molecular weight is 730 g/mol. The molecule has 0 aliphatic carbocycles. The highest BCUT2D eigenvalue weighted by Gasteiger charge is 2.17. The molecule has 0 fully saturated rings. The lowest BCUT2D eigenvalue weighted by Crippen LogP contribution is -2.09. The van der Waals surface area contributed by atoms with Crippen molar-refractivity contribution in [2.45, 2.75) is 0 Å². The van der Waals surface area contributed by atoms with Gasteiger partial charge in [0.25, 0.3) is 0 Å². The molecule has 0 radical (unpaired) electrons. The van der Waals surface area contributed by atoms with Gasteiger partial charge < -0.3 is 13.7 Å². The minimum Gasteiger partial charge on any atom is -0.456 e. The van der Waals surface area contributed by atoms with Crippen LogP contribution in [-0.4, -0.2) is 0 Å². The van der Waals surface area contributed by atoms with Crippen molar-refractivity contribution in [3.8, 4) is 44.5 Å². The zero-order chi connectivity index (χ0) is 37.7. The molecular formula is C54H35NO2. The summed E-state index contributed by atoms with van der Waals surface area (Å²) in [6.07, 6.45) is 0. The number of benzene rings is 9. The summed E-state index contributed by atoms with van der Waals surface area (Å²) >= 11 is 0. The summed E-state index contributed by atoms with van der Waals surface area (Å²) in [6.45, 7) is 0. The first kappa shape index (κ1) is 32.8. The molecule has 0 N–H and O–H groups in total. The molecule has 0 aliphatic heterocycles. The van der Waals surface area contributed by atoms with E-state index in [9.17, 15) is 0 Å². The fraction of sp³-hybridized carbons (Fsp3) is 0. The minimum absolute atomic E-state index is 0.863. The first-order chi connectivity index (χ1) is 28.2. The van der Waals surface area contributed by atoms with E-state index in [1.165, 1.54) is 22.3 Å². The number of hydrogen-bond acceptors (Lipinski definition) is 3. The van der Waals surface area contributed by atoms with Crippen molar-refractivity contribution in [3.63, 3.8) is 0 Å². The molecule has 2 aromatic heterocycles. The Balaban J connectivity index is 0.962. The summed E-state index contributed by atoms with van der Waals surface area (Å²) in [5.41, 5.74) is 16.0. The van der Waals surface area contributed by atoms with Gasteiger partial charge in [0.15, 0.2) is 0 Å². The van der Waals surface area contributed by atoms with Crippen LogP contribution in [0.2, 0.25) is 0 Å². The quantitative estimate of drug-likeness (QED) is 0.164. The number of furan rings is 2. The summed E-state index contributed by atoms with van der Waals surface area (Å²) in [5, 5.41) is 4.46. The molecule has 0 saturated carbocycles. The number of rotatable bonds is 7. The van der Waals surface area contributed by atoms with Crippen LogP contribution >= 0.6 is 0 Å². The third-order valence-corrected chi connectivity index (χ3v) is 11.1. The number of anilines is 3. The standard InChI is InChI=1S/C54H35NO2/c1-3-10-36(11-4-1)37-18-20-38(21-19-37)39-22-27-43(28-23-39)55(45-31-32-48-47-14-7-8-17-51(47)56-53(48)35-45)44-29-24-40(25-30-44)42-26-33-52-50(34-42)49-16-9-15-46(54(49)57-52)41-12-5-2-6-13-41/h1-35H. The van der Waals surface area contributed by atoms with E-state index in [2.05, 4.69) is 199 Å². The van der Waals surface area contributed by atoms with E-state index in [1.54, 1.807) is 0 Å². The molecule has 0 bridgehead atoms. The van der Waals surface area contributed by atoms with Gasteiger partial charge in [-0.2, -0.15) is 0 Å². The van der Waals surface area contributed by atoms with Gasteiger partial charge in [0.05, 0.1) is 0 Å². The van der Waals surface area contributed by atoms with Crippen molar-refractivity contribution in [1.82, 2.24) is 0 Å². The maximum atomic E-state index is 6.47. The Labute approximate surface area is 330 Å². The van der Waals surface area contributed by atoms with Gasteiger partial charge in [0.2, 0.25) is 0 Å². The molecule has 11 rings (SSSR count). The summed E-state index contributed by atoms with van der Waals surface area (Å²) in [6, 6.07) is 75.1. The molecule has 0 aliphatic rings. The van der Waals surface area contributed by atoms with Gasteiger partial charge in [-0.3, -0.25) is 0 Å². The largest absolute Gasteiger partial charge is 0.456 e. The number of fused-ring (bicyclic) bond motifs is 6. The van der Waals surface area contributed by atoms with Crippen LogP contribution in [0.4, 0.5) is 17.1 Å². The summed E-state index contributed by atoms with van der Waals surface area (Å²) in [5.74, 6) is 0. The fourth-order valence-corrected chi connectivity index (χ4v) is 8.22. The van der Waals surface area contributed by atoms with Crippen LogP contribution in [0.15, 0.2) is 221 Å². The van der Waals surface area contributed by atoms with Gasteiger partial charge in [-0.25, -0.2) is 0 Å². The maximum absolute atomic E-state index is 6.47. The van der Waals surface area contributed by atoms with Crippen LogP contribution in [0.1, 0.15) is 0 Å². The molecule has 0 atom stereocenters. The van der Waals surface area contributed by atoms with Crippen molar-refractivity contribution < 1.29 is 8.83 Å². The highest BCUT2D eigenvalue weighted by Crippen LogP contribution is 2.41. The van der Waals surface area contributed by atoms with E-state index < -0.39 is 0 Å². The van der Waals surface area contributed by atoms with E-state index in [4.69, 9.17) is 8.83 Å². The van der Waals surface area contributed by atoms with E-state index in [0.717, 1.165) is 83.2 Å². The van der Waals surface area contributed by atoms with Crippen LogP contribution in [-0.2, 0) is 0 Å². The lowest BCUT2D eigenvalue weighted by Gasteiger charge is -2.26. The third-order valence-electron chi connectivity index (χ3n) is 11.1. The Morgan fingerprint density at radius 1 is 0.263 bits per heavy atom. The molecule has 0 spiro atoms. The van der Waals surface area contributed by atoms with Crippen LogP contribution in [0, 0.1) is 0 Å². The second kappa shape index (κ2) is 13.6. The van der Waals surface area contributed by atoms with Gasteiger partial charge >= 0.3 is 0 Å². The van der Waals surface area contributed by atoms with E-state index in [0.29, 0.717) is 0 Å². The van der Waals surface area contributed by atoms with Crippen LogP contribution in [0.5, 0.6) is 0 Å². The highest BCUT2D eigenvalue weighted by molar-refractivity contribution is 6.11. The molecule has 0 saturated heterocycles. The summed E-state index contributed by atoms with van der Waals surface area (Å²) in [7, 11) is 0. The molecule has 2 heterocycles. The fourth-order valence-electron chi connectivity index (χ4n) is 8.22. The Bertz CT molecular complexity index is 3200. The smallest absolute Gasteiger partial charge is 0.143 e. The number of nitrogens with zero attached hydrogens (tertiary/aromatic N) is 1. The van der Waals surface area contributed by atoms with Crippen molar-refractivity contribution in [2.75, 3.05) is 4.90 Å². The van der Waals surface area contributed by atoms with Crippen LogP contribution in [0.3, 0.4) is 0 Å². The van der Waals surface area contributed by atoms with E-state index in [-0.39, 0.29) is 0 Å². The predicted octanol–water partition coefficient (Wildman–Crippen LogP) is 15.6. The Hall–Kier alpha value is -7.62. The van der Waals surface area contributed by atoms with Crippen LogP contribution < -0.4 is 4.90 Å². The summed E-state index contributed by atoms with van der Waals surface area (Å²) in [4.78, 5) is 2.30. The third kappa shape index (κ3) is 5.85. The molecule has 3 heteroatoms. The van der Waals surface area contributed by atoms with E-state index >= 15 is 0 Å². The minimum atomic E-state index is 0.863. The molecule has 0 unspecified atom stereocenters. The molecule has 9 aromatic carbocycles. The first-order valence-corrected chi connectivity index (χ1v) is 19.3. The lowest BCUT2D eigenvalue weighted by molar-refractivity contribution is 0.669. The SMILES string of the molecule is c1ccc(-c2ccc(-c3ccc(N(c4ccc(-c5ccc6oc7c(-c8ccccc8)cccc7c6c5)cc4)c4ccc5c(c4)oc4ccccc45)cc3)cc2)cc1.